The summed E-state index contributed by atoms with van der Waals surface area (Å²) in [5.74, 6) is -0.0674. The van der Waals surface area contributed by atoms with Crippen LogP contribution in [0.3, 0.4) is 0 Å². The summed E-state index contributed by atoms with van der Waals surface area (Å²) in [6.07, 6.45) is 2.05. The average molecular weight is 273 g/mol. The number of rotatable bonds is 4. The molecule has 0 saturated carbocycles. The van der Waals surface area contributed by atoms with Gasteiger partial charge in [-0.25, -0.2) is 4.39 Å². The number of nitrogens with one attached hydrogen (secondary N) is 1. The monoisotopic (exact) mass is 272 g/mol. The van der Waals surface area contributed by atoms with Crippen LogP contribution >= 0.6 is 12.4 Å². The average Bonchev–Trinajstić information content (AvgIpc) is 2.85. The highest BCUT2D eigenvalue weighted by Crippen LogP contribution is 2.18. The van der Waals surface area contributed by atoms with E-state index in [1.807, 2.05) is 6.07 Å². The Bertz CT molecular complexity index is 378. The SMILES string of the molecule is CCc1cccc(F)c1CN(C)C1CCNC1.Cl. The number of halogens is 2. The van der Waals surface area contributed by atoms with Crippen molar-refractivity contribution in [3.05, 3.63) is 35.1 Å². The van der Waals surface area contributed by atoms with Gasteiger partial charge in [0.2, 0.25) is 0 Å². The zero-order chi connectivity index (χ0) is 12.3. The molecule has 1 unspecified atom stereocenters. The van der Waals surface area contributed by atoms with Crippen LogP contribution in [-0.4, -0.2) is 31.1 Å². The van der Waals surface area contributed by atoms with Gasteiger partial charge in [-0.2, -0.15) is 0 Å². The van der Waals surface area contributed by atoms with Gasteiger partial charge in [0, 0.05) is 24.7 Å². The fourth-order valence-electron chi connectivity index (χ4n) is 2.51. The van der Waals surface area contributed by atoms with Gasteiger partial charge in [0.15, 0.2) is 0 Å². The maximum Gasteiger partial charge on any atom is 0.127 e. The smallest absolute Gasteiger partial charge is 0.127 e. The predicted octanol–water partition coefficient (Wildman–Crippen LogP) is 2.60. The predicted molar refractivity (Wildman–Crippen MR) is 75.8 cm³/mol. The molecule has 0 amide bonds. The van der Waals surface area contributed by atoms with Crippen molar-refractivity contribution in [2.45, 2.75) is 32.4 Å². The van der Waals surface area contributed by atoms with E-state index in [2.05, 4.69) is 24.2 Å². The Morgan fingerprint density at radius 1 is 1.44 bits per heavy atom. The molecule has 1 heterocycles. The Kier molecular flexibility index (Phi) is 6.06. The maximum absolute atomic E-state index is 13.8. The van der Waals surface area contributed by atoms with E-state index in [0.717, 1.165) is 37.1 Å². The highest BCUT2D eigenvalue weighted by Gasteiger charge is 2.20. The summed E-state index contributed by atoms with van der Waals surface area (Å²) in [5, 5.41) is 3.35. The summed E-state index contributed by atoms with van der Waals surface area (Å²) in [4.78, 5) is 2.26. The third-order valence-corrected chi connectivity index (χ3v) is 3.66. The van der Waals surface area contributed by atoms with Crippen LogP contribution in [0.1, 0.15) is 24.5 Å². The lowest BCUT2D eigenvalue weighted by Crippen LogP contribution is -2.33. The van der Waals surface area contributed by atoms with Crippen molar-refractivity contribution in [1.82, 2.24) is 10.2 Å². The van der Waals surface area contributed by atoms with E-state index in [9.17, 15) is 4.39 Å². The topological polar surface area (TPSA) is 15.3 Å². The Labute approximate surface area is 115 Å². The number of benzene rings is 1. The summed E-state index contributed by atoms with van der Waals surface area (Å²) in [6.45, 7) is 4.89. The minimum Gasteiger partial charge on any atom is -0.315 e. The van der Waals surface area contributed by atoms with Gasteiger partial charge >= 0.3 is 0 Å². The van der Waals surface area contributed by atoms with E-state index >= 15 is 0 Å². The second kappa shape index (κ2) is 7.07. The van der Waals surface area contributed by atoms with Crippen LogP contribution in [0.4, 0.5) is 4.39 Å². The highest BCUT2D eigenvalue weighted by atomic mass is 35.5. The van der Waals surface area contributed by atoms with Crippen LogP contribution in [0.25, 0.3) is 0 Å². The first-order chi connectivity index (χ1) is 8.22. The van der Waals surface area contributed by atoms with E-state index in [1.54, 1.807) is 12.1 Å². The van der Waals surface area contributed by atoms with Crippen molar-refractivity contribution in [2.24, 2.45) is 0 Å². The first-order valence-corrected chi connectivity index (χ1v) is 6.39. The van der Waals surface area contributed by atoms with E-state index in [4.69, 9.17) is 0 Å². The third kappa shape index (κ3) is 3.44. The van der Waals surface area contributed by atoms with Gasteiger partial charge in [0.1, 0.15) is 5.82 Å². The fourth-order valence-corrected chi connectivity index (χ4v) is 2.51. The molecule has 18 heavy (non-hydrogen) atoms. The molecule has 1 aromatic carbocycles. The van der Waals surface area contributed by atoms with Gasteiger partial charge in [-0.1, -0.05) is 19.1 Å². The zero-order valence-electron chi connectivity index (χ0n) is 11.1. The summed E-state index contributed by atoms with van der Waals surface area (Å²) >= 11 is 0. The second-order valence-electron chi connectivity index (χ2n) is 4.79. The van der Waals surface area contributed by atoms with E-state index in [-0.39, 0.29) is 18.2 Å². The quantitative estimate of drug-likeness (QED) is 0.906. The normalized spacial score (nSPS) is 19.0. The lowest BCUT2D eigenvalue weighted by Gasteiger charge is -2.24. The number of hydrogen-bond donors (Lipinski definition) is 1. The Morgan fingerprint density at radius 3 is 2.83 bits per heavy atom. The fraction of sp³-hybridized carbons (Fsp3) is 0.571. The molecule has 1 N–H and O–H groups in total. The van der Waals surface area contributed by atoms with Crippen LogP contribution in [0, 0.1) is 5.82 Å². The number of aryl methyl sites for hydroxylation is 1. The van der Waals surface area contributed by atoms with Crippen molar-refractivity contribution in [3.8, 4) is 0 Å². The minimum atomic E-state index is -0.0674. The van der Waals surface area contributed by atoms with Crippen molar-refractivity contribution in [3.63, 3.8) is 0 Å². The third-order valence-electron chi connectivity index (χ3n) is 3.66. The van der Waals surface area contributed by atoms with E-state index in [1.165, 1.54) is 0 Å². The first kappa shape index (κ1) is 15.4. The van der Waals surface area contributed by atoms with Gasteiger partial charge in [0.05, 0.1) is 0 Å². The van der Waals surface area contributed by atoms with Gasteiger partial charge in [-0.15, -0.1) is 12.4 Å². The van der Waals surface area contributed by atoms with E-state index in [0.29, 0.717) is 12.6 Å². The molecular weight excluding hydrogens is 251 g/mol. The van der Waals surface area contributed by atoms with Crippen LogP contribution in [0.5, 0.6) is 0 Å². The molecule has 4 heteroatoms. The highest BCUT2D eigenvalue weighted by molar-refractivity contribution is 5.85. The van der Waals surface area contributed by atoms with Gasteiger partial charge in [-0.3, -0.25) is 4.90 Å². The van der Waals surface area contributed by atoms with Crippen molar-refractivity contribution >= 4 is 12.4 Å². The first-order valence-electron chi connectivity index (χ1n) is 6.39. The molecule has 1 aromatic rings. The van der Waals surface area contributed by atoms with Crippen LogP contribution in [0.2, 0.25) is 0 Å². The van der Waals surface area contributed by atoms with Crippen molar-refractivity contribution < 1.29 is 4.39 Å². The molecule has 1 aliphatic rings. The van der Waals surface area contributed by atoms with Crippen molar-refractivity contribution in [2.75, 3.05) is 20.1 Å². The Balaban J connectivity index is 0.00000162. The van der Waals surface area contributed by atoms with Crippen LogP contribution < -0.4 is 5.32 Å². The summed E-state index contributed by atoms with van der Waals surface area (Å²) in [6, 6.07) is 5.93. The lowest BCUT2D eigenvalue weighted by atomic mass is 10.0. The summed E-state index contributed by atoms with van der Waals surface area (Å²) in [7, 11) is 2.09. The standard InChI is InChI=1S/C14H21FN2.ClH/c1-3-11-5-4-6-14(15)13(11)10-17(2)12-7-8-16-9-12;/h4-6,12,16H,3,7-10H2,1-2H3;1H. The Morgan fingerprint density at radius 2 is 2.22 bits per heavy atom. The van der Waals surface area contributed by atoms with Gasteiger partial charge in [0.25, 0.3) is 0 Å². The molecule has 2 nitrogen and oxygen atoms in total. The molecule has 1 saturated heterocycles. The molecule has 1 atom stereocenters. The number of likely N-dealkylation sites (N-methyl/N-ethyl adjacent to an activating group) is 1. The molecular formula is C14H22ClFN2. The number of hydrogen-bond acceptors (Lipinski definition) is 2. The maximum atomic E-state index is 13.8. The minimum absolute atomic E-state index is 0. The molecule has 0 radical (unpaired) electrons. The van der Waals surface area contributed by atoms with E-state index < -0.39 is 0 Å². The number of nitrogens with zero attached hydrogens (tertiary/aromatic N) is 1. The largest absolute Gasteiger partial charge is 0.315 e. The molecule has 1 aliphatic heterocycles. The molecule has 102 valence electrons. The molecule has 0 bridgehead atoms. The molecule has 0 aliphatic carbocycles. The van der Waals surface area contributed by atoms with Crippen LogP contribution in [-0.2, 0) is 13.0 Å². The van der Waals surface area contributed by atoms with Crippen LogP contribution in [0.15, 0.2) is 18.2 Å². The molecule has 1 fully saturated rings. The molecule has 2 rings (SSSR count). The summed E-state index contributed by atoms with van der Waals surface area (Å²) < 4.78 is 13.8. The summed E-state index contributed by atoms with van der Waals surface area (Å²) in [5.41, 5.74) is 1.99. The second-order valence-corrected chi connectivity index (χ2v) is 4.79. The van der Waals surface area contributed by atoms with Gasteiger partial charge < -0.3 is 5.32 Å². The van der Waals surface area contributed by atoms with Crippen molar-refractivity contribution in [1.29, 1.82) is 0 Å². The van der Waals surface area contributed by atoms with Gasteiger partial charge in [-0.05, 0) is 38.1 Å². The zero-order valence-corrected chi connectivity index (χ0v) is 11.9. The molecule has 0 aromatic heterocycles. The molecule has 0 spiro atoms. The Hall–Kier alpha value is -0.640. The lowest BCUT2D eigenvalue weighted by molar-refractivity contribution is 0.245.